The van der Waals surface area contributed by atoms with Crippen molar-refractivity contribution < 1.29 is 4.74 Å². The molecule has 1 aliphatic heterocycles. The maximum Gasteiger partial charge on any atom is 0.0594 e. The van der Waals surface area contributed by atoms with Crippen LogP contribution < -0.4 is 5.32 Å². The zero-order valence-corrected chi connectivity index (χ0v) is 11.2. The Bertz CT molecular complexity index is 167. The van der Waals surface area contributed by atoms with Gasteiger partial charge in [-0.25, -0.2) is 0 Å². The van der Waals surface area contributed by atoms with Gasteiger partial charge in [0.15, 0.2) is 0 Å². The molecule has 1 aliphatic rings. The first-order valence-electron chi connectivity index (χ1n) is 6.73. The molecule has 0 aromatic rings. The summed E-state index contributed by atoms with van der Waals surface area (Å²) in [4.78, 5) is 2.58. The zero-order valence-electron chi connectivity index (χ0n) is 11.2. The molecule has 3 nitrogen and oxygen atoms in total. The van der Waals surface area contributed by atoms with E-state index in [1.54, 1.807) is 0 Å². The summed E-state index contributed by atoms with van der Waals surface area (Å²) in [6, 6.07) is 0. The Balaban J connectivity index is 1.91. The molecule has 16 heavy (non-hydrogen) atoms. The lowest BCUT2D eigenvalue weighted by Crippen LogP contribution is -2.33. The summed E-state index contributed by atoms with van der Waals surface area (Å²) < 4.78 is 5.48. The quantitative estimate of drug-likeness (QED) is 0.640. The van der Waals surface area contributed by atoms with E-state index in [0.29, 0.717) is 6.10 Å². The van der Waals surface area contributed by atoms with Crippen molar-refractivity contribution in [1.82, 2.24) is 10.2 Å². The topological polar surface area (TPSA) is 24.5 Å². The van der Waals surface area contributed by atoms with Crippen LogP contribution in [-0.2, 0) is 4.74 Å². The Kier molecular flexibility index (Phi) is 7.01. The van der Waals surface area contributed by atoms with Crippen LogP contribution in [0.2, 0.25) is 0 Å². The summed E-state index contributed by atoms with van der Waals surface area (Å²) in [5.41, 5.74) is 0. The number of likely N-dealkylation sites (tertiary alicyclic amines) is 1. The molecule has 1 saturated heterocycles. The summed E-state index contributed by atoms with van der Waals surface area (Å²) in [5, 5.41) is 3.46. The average Bonchev–Trinajstić information content (AvgIpc) is 2.69. The van der Waals surface area contributed by atoms with Gasteiger partial charge < -0.3 is 15.0 Å². The second-order valence-electron chi connectivity index (χ2n) is 5.24. The second kappa shape index (κ2) is 8.04. The van der Waals surface area contributed by atoms with Crippen molar-refractivity contribution in [2.75, 3.05) is 39.3 Å². The summed E-state index contributed by atoms with van der Waals surface area (Å²) in [6.45, 7) is 13.3. The van der Waals surface area contributed by atoms with Crippen molar-refractivity contribution in [3.8, 4) is 0 Å². The highest BCUT2D eigenvalue weighted by Crippen LogP contribution is 2.09. The molecule has 1 rings (SSSR count). The van der Waals surface area contributed by atoms with E-state index in [4.69, 9.17) is 4.74 Å². The smallest absolute Gasteiger partial charge is 0.0594 e. The minimum atomic E-state index is 0.351. The molecule has 0 bridgehead atoms. The van der Waals surface area contributed by atoms with Crippen molar-refractivity contribution in [3.63, 3.8) is 0 Å². The lowest BCUT2D eigenvalue weighted by molar-refractivity contribution is 0.0802. The van der Waals surface area contributed by atoms with Gasteiger partial charge in [-0.05, 0) is 52.2 Å². The Morgan fingerprint density at radius 3 is 2.50 bits per heavy atom. The minimum absolute atomic E-state index is 0.351. The number of ether oxygens (including phenoxy) is 1. The molecule has 3 heteroatoms. The molecule has 1 heterocycles. The lowest BCUT2D eigenvalue weighted by Gasteiger charge is -2.20. The predicted octanol–water partition coefficient (Wildman–Crippen LogP) is 1.73. The van der Waals surface area contributed by atoms with Crippen molar-refractivity contribution in [3.05, 3.63) is 0 Å². The fraction of sp³-hybridized carbons (Fsp3) is 1.00. The molecule has 0 amide bonds. The highest BCUT2D eigenvalue weighted by molar-refractivity contribution is 4.69. The molecule has 0 saturated carbocycles. The third kappa shape index (κ3) is 6.46. The van der Waals surface area contributed by atoms with E-state index < -0.39 is 0 Å². The van der Waals surface area contributed by atoms with E-state index in [-0.39, 0.29) is 0 Å². The second-order valence-corrected chi connectivity index (χ2v) is 5.24. The minimum Gasteiger partial charge on any atom is -0.377 e. The van der Waals surface area contributed by atoms with Gasteiger partial charge in [0.25, 0.3) is 0 Å². The predicted molar refractivity (Wildman–Crippen MR) is 68.8 cm³/mol. The number of nitrogens with zero attached hydrogens (tertiary/aromatic N) is 1. The molecular weight excluding hydrogens is 200 g/mol. The Morgan fingerprint density at radius 2 is 1.88 bits per heavy atom. The van der Waals surface area contributed by atoms with Crippen LogP contribution in [0.5, 0.6) is 0 Å². The maximum atomic E-state index is 5.48. The molecule has 1 N–H and O–H groups in total. The van der Waals surface area contributed by atoms with Gasteiger partial charge in [0, 0.05) is 13.1 Å². The molecule has 96 valence electrons. The van der Waals surface area contributed by atoms with E-state index in [9.17, 15) is 0 Å². The molecule has 1 unspecified atom stereocenters. The molecule has 0 aliphatic carbocycles. The summed E-state index contributed by atoms with van der Waals surface area (Å²) in [6.07, 6.45) is 3.13. The van der Waals surface area contributed by atoms with E-state index in [1.165, 1.54) is 32.5 Å². The van der Waals surface area contributed by atoms with Crippen LogP contribution in [0.1, 0.15) is 33.6 Å². The van der Waals surface area contributed by atoms with Gasteiger partial charge >= 0.3 is 0 Å². The van der Waals surface area contributed by atoms with Gasteiger partial charge in [-0.1, -0.05) is 6.92 Å². The zero-order chi connectivity index (χ0) is 11.8. The van der Waals surface area contributed by atoms with Gasteiger partial charge in [-0.15, -0.1) is 0 Å². The third-order valence-corrected chi connectivity index (χ3v) is 2.99. The van der Waals surface area contributed by atoms with Crippen molar-refractivity contribution >= 4 is 0 Å². The number of hydrogen-bond donors (Lipinski definition) is 1. The van der Waals surface area contributed by atoms with Crippen LogP contribution in [0.15, 0.2) is 0 Å². The first kappa shape index (κ1) is 13.9. The highest BCUT2D eigenvalue weighted by Gasteiger charge is 2.13. The molecule has 0 aromatic carbocycles. The number of nitrogens with one attached hydrogen (secondary N) is 1. The van der Waals surface area contributed by atoms with Gasteiger partial charge in [-0.3, -0.25) is 0 Å². The highest BCUT2D eigenvalue weighted by atomic mass is 16.5. The van der Waals surface area contributed by atoms with E-state index >= 15 is 0 Å². The van der Waals surface area contributed by atoms with Crippen LogP contribution in [0.25, 0.3) is 0 Å². The largest absolute Gasteiger partial charge is 0.377 e. The van der Waals surface area contributed by atoms with Gasteiger partial charge in [0.05, 0.1) is 12.7 Å². The molecule has 1 fully saturated rings. The Morgan fingerprint density at radius 1 is 1.19 bits per heavy atom. The van der Waals surface area contributed by atoms with Gasteiger partial charge in [0.1, 0.15) is 0 Å². The first-order valence-corrected chi connectivity index (χ1v) is 6.73. The van der Waals surface area contributed by atoms with Crippen LogP contribution in [-0.4, -0.2) is 50.3 Å². The Labute approximate surface area is 101 Å². The van der Waals surface area contributed by atoms with Crippen LogP contribution in [0, 0.1) is 5.92 Å². The fourth-order valence-corrected chi connectivity index (χ4v) is 2.19. The summed E-state index contributed by atoms with van der Waals surface area (Å²) >= 11 is 0. The van der Waals surface area contributed by atoms with Crippen molar-refractivity contribution in [1.29, 1.82) is 0 Å². The third-order valence-electron chi connectivity index (χ3n) is 2.99. The number of hydrogen-bond acceptors (Lipinski definition) is 3. The molecule has 0 spiro atoms. The Hall–Kier alpha value is -0.120. The van der Waals surface area contributed by atoms with Crippen LogP contribution >= 0.6 is 0 Å². The molecular formula is C13H28N2O. The van der Waals surface area contributed by atoms with Crippen LogP contribution in [0.3, 0.4) is 0 Å². The lowest BCUT2D eigenvalue weighted by atomic mass is 10.1. The summed E-state index contributed by atoms with van der Waals surface area (Å²) in [7, 11) is 0. The molecule has 0 radical (unpaired) electrons. The van der Waals surface area contributed by atoms with Crippen molar-refractivity contribution in [2.45, 2.75) is 39.7 Å². The number of rotatable bonds is 8. The SMILES string of the molecule is CC(CNCCOC(C)C)CN1CCCC1. The maximum absolute atomic E-state index is 5.48. The summed E-state index contributed by atoms with van der Waals surface area (Å²) in [5.74, 6) is 0.747. The normalized spacial score (nSPS) is 19.5. The monoisotopic (exact) mass is 228 g/mol. The van der Waals surface area contributed by atoms with Crippen molar-refractivity contribution in [2.24, 2.45) is 5.92 Å². The van der Waals surface area contributed by atoms with Crippen LogP contribution in [0.4, 0.5) is 0 Å². The first-order chi connectivity index (χ1) is 7.68. The fourth-order valence-electron chi connectivity index (χ4n) is 2.19. The van der Waals surface area contributed by atoms with E-state index in [2.05, 4.69) is 31.0 Å². The average molecular weight is 228 g/mol. The van der Waals surface area contributed by atoms with Gasteiger partial charge in [-0.2, -0.15) is 0 Å². The molecule has 0 aromatic heterocycles. The molecule has 1 atom stereocenters. The standard InChI is InChI=1S/C13H28N2O/c1-12(2)16-9-6-14-10-13(3)11-15-7-4-5-8-15/h12-14H,4-11H2,1-3H3. The van der Waals surface area contributed by atoms with Gasteiger partial charge in [0.2, 0.25) is 0 Å². The van der Waals surface area contributed by atoms with E-state index in [1.807, 2.05) is 0 Å². The van der Waals surface area contributed by atoms with E-state index in [0.717, 1.165) is 25.6 Å².